The van der Waals surface area contributed by atoms with E-state index in [-0.39, 0.29) is 23.7 Å². The first-order valence-electron chi connectivity index (χ1n) is 6.00. The smallest absolute Gasteiger partial charge is 0.253 e. The van der Waals surface area contributed by atoms with Gasteiger partial charge in [-0.2, -0.15) is 0 Å². The SMILES string of the molecule is COC1CCCC1NC(=O)c1ccc(F)cc1N. The predicted octanol–water partition coefficient (Wildman–Crippen LogP) is 1.71. The minimum Gasteiger partial charge on any atom is -0.398 e. The molecular weight excluding hydrogens is 235 g/mol. The van der Waals surface area contributed by atoms with E-state index in [0.29, 0.717) is 5.56 Å². The number of anilines is 1. The molecule has 0 aliphatic heterocycles. The van der Waals surface area contributed by atoms with Crippen LogP contribution in [-0.4, -0.2) is 25.2 Å². The lowest BCUT2D eigenvalue weighted by Crippen LogP contribution is -2.40. The summed E-state index contributed by atoms with van der Waals surface area (Å²) in [6.07, 6.45) is 2.92. The van der Waals surface area contributed by atoms with Crippen LogP contribution >= 0.6 is 0 Å². The molecule has 2 unspecified atom stereocenters. The predicted molar refractivity (Wildman–Crippen MR) is 66.7 cm³/mol. The summed E-state index contributed by atoms with van der Waals surface area (Å²) in [5.74, 6) is -0.721. The van der Waals surface area contributed by atoms with Crippen LogP contribution in [0.2, 0.25) is 0 Å². The highest BCUT2D eigenvalue weighted by Crippen LogP contribution is 2.22. The maximum absolute atomic E-state index is 12.9. The van der Waals surface area contributed by atoms with E-state index in [1.807, 2.05) is 0 Å². The number of nitrogen functional groups attached to an aromatic ring is 1. The first kappa shape index (κ1) is 12.8. The number of carbonyl (C=O) groups is 1. The molecule has 0 radical (unpaired) electrons. The van der Waals surface area contributed by atoms with Crippen molar-refractivity contribution in [1.29, 1.82) is 0 Å². The Balaban J connectivity index is 2.07. The molecule has 0 heterocycles. The molecule has 1 saturated carbocycles. The van der Waals surface area contributed by atoms with Crippen LogP contribution < -0.4 is 11.1 Å². The average Bonchev–Trinajstić information content (AvgIpc) is 2.76. The van der Waals surface area contributed by atoms with E-state index in [0.717, 1.165) is 25.3 Å². The summed E-state index contributed by atoms with van der Waals surface area (Å²) in [6, 6.07) is 3.79. The van der Waals surface area contributed by atoms with Gasteiger partial charge in [-0.3, -0.25) is 4.79 Å². The zero-order valence-corrected chi connectivity index (χ0v) is 10.3. The molecule has 4 nitrogen and oxygen atoms in total. The number of hydrogen-bond donors (Lipinski definition) is 2. The summed E-state index contributed by atoms with van der Waals surface area (Å²) in [5, 5.41) is 2.89. The fraction of sp³-hybridized carbons (Fsp3) is 0.462. The number of carbonyl (C=O) groups excluding carboxylic acids is 1. The molecule has 0 aromatic heterocycles. The Hall–Kier alpha value is -1.62. The van der Waals surface area contributed by atoms with E-state index in [4.69, 9.17) is 10.5 Å². The Kier molecular flexibility index (Phi) is 3.81. The Labute approximate surface area is 105 Å². The summed E-state index contributed by atoms with van der Waals surface area (Å²) >= 11 is 0. The summed E-state index contributed by atoms with van der Waals surface area (Å²) in [5.41, 5.74) is 6.09. The maximum atomic E-state index is 12.9. The first-order chi connectivity index (χ1) is 8.61. The molecule has 1 fully saturated rings. The van der Waals surface area contributed by atoms with E-state index in [2.05, 4.69) is 5.32 Å². The number of hydrogen-bond acceptors (Lipinski definition) is 3. The number of ether oxygens (including phenoxy) is 1. The summed E-state index contributed by atoms with van der Waals surface area (Å²) in [7, 11) is 1.64. The standard InChI is InChI=1S/C13H17FN2O2/c1-18-12-4-2-3-11(12)16-13(17)9-6-5-8(14)7-10(9)15/h5-7,11-12H,2-4,15H2,1H3,(H,16,17). The van der Waals surface area contributed by atoms with E-state index >= 15 is 0 Å². The van der Waals surface area contributed by atoms with Crippen LogP contribution in [0, 0.1) is 5.82 Å². The van der Waals surface area contributed by atoms with Crippen molar-refractivity contribution >= 4 is 11.6 Å². The van der Waals surface area contributed by atoms with E-state index in [1.54, 1.807) is 7.11 Å². The molecule has 3 N–H and O–H groups in total. The Bertz CT molecular complexity index is 451. The molecule has 1 aromatic carbocycles. The molecule has 1 amide bonds. The fourth-order valence-corrected chi connectivity index (χ4v) is 2.36. The Morgan fingerprint density at radius 3 is 2.94 bits per heavy atom. The quantitative estimate of drug-likeness (QED) is 0.805. The zero-order chi connectivity index (χ0) is 13.1. The first-order valence-corrected chi connectivity index (χ1v) is 6.00. The van der Waals surface area contributed by atoms with Gasteiger partial charge in [0.25, 0.3) is 5.91 Å². The van der Waals surface area contributed by atoms with Crippen molar-refractivity contribution in [3.63, 3.8) is 0 Å². The molecule has 5 heteroatoms. The van der Waals surface area contributed by atoms with Crippen molar-refractivity contribution in [3.05, 3.63) is 29.6 Å². The number of nitrogens with one attached hydrogen (secondary N) is 1. The molecule has 2 rings (SSSR count). The summed E-state index contributed by atoms with van der Waals surface area (Å²) in [4.78, 5) is 12.0. The van der Waals surface area contributed by atoms with Crippen molar-refractivity contribution in [2.24, 2.45) is 0 Å². The topological polar surface area (TPSA) is 64.3 Å². The third kappa shape index (κ3) is 2.61. The summed E-state index contributed by atoms with van der Waals surface area (Å²) in [6.45, 7) is 0. The van der Waals surface area contributed by atoms with Crippen LogP contribution in [0.1, 0.15) is 29.6 Å². The normalized spacial score (nSPS) is 23.0. The largest absolute Gasteiger partial charge is 0.398 e. The van der Waals surface area contributed by atoms with E-state index in [1.165, 1.54) is 12.1 Å². The molecule has 1 aliphatic rings. The van der Waals surface area contributed by atoms with Gasteiger partial charge in [-0.15, -0.1) is 0 Å². The molecule has 1 aromatic rings. The number of methoxy groups -OCH3 is 1. The molecule has 0 saturated heterocycles. The van der Waals surface area contributed by atoms with Crippen LogP contribution in [0.5, 0.6) is 0 Å². The van der Waals surface area contributed by atoms with Crippen molar-refractivity contribution in [2.75, 3.05) is 12.8 Å². The average molecular weight is 252 g/mol. The highest BCUT2D eigenvalue weighted by molar-refractivity contribution is 5.99. The minimum absolute atomic E-state index is 0.00644. The molecule has 0 bridgehead atoms. The van der Waals surface area contributed by atoms with Gasteiger partial charge in [0.1, 0.15) is 5.82 Å². The van der Waals surface area contributed by atoms with Gasteiger partial charge in [-0.25, -0.2) is 4.39 Å². The van der Waals surface area contributed by atoms with E-state index < -0.39 is 5.82 Å². The van der Waals surface area contributed by atoms with Gasteiger partial charge in [0.2, 0.25) is 0 Å². The number of halogens is 1. The van der Waals surface area contributed by atoms with Crippen LogP contribution in [0.4, 0.5) is 10.1 Å². The lowest BCUT2D eigenvalue weighted by Gasteiger charge is -2.20. The molecule has 98 valence electrons. The molecule has 2 atom stereocenters. The summed E-state index contributed by atoms with van der Waals surface area (Å²) < 4.78 is 18.2. The number of amides is 1. The van der Waals surface area contributed by atoms with E-state index in [9.17, 15) is 9.18 Å². The second kappa shape index (κ2) is 5.35. The van der Waals surface area contributed by atoms with Gasteiger partial charge < -0.3 is 15.8 Å². The van der Waals surface area contributed by atoms with Crippen molar-refractivity contribution < 1.29 is 13.9 Å². The Morgan fingerprint density at radius 1 is 1.50 bits per heavy atom. The minimum atomic E-state index is -0.445. The number of nitrogens with two attached hydrogens (primary N) is 1. The van der Waals surface area contributed by atoms with Crippen molar-refractivity contribution in [3.8, 4) is 0 Å². The molecule has 18 heavy (non-hydrogen) atoms. The van der Waals surface area contributed by atoms with Gasteiger partial charge in [0.05, 0.1) is 17.7 Å². The van der Waals surface area contributed by atoms with Crippen molar-refractivity contribution in [2.45, 2.75) is 31.4 Å². The molecular formula is C13H17FN2O2. The van der Waals surface area contributed by atoms with Crippen LogP contribution in [0.3, 0.4) is 0 Å². The Morgan fingerprint density at radius 2 is 2.28 bits per heavy atom. The number of rotatable bonds is 3. The van der Waals surface area contributed by atoms with Crippen LogP contribution in [0.15, 0.2) is 18.2 Å². The molecule has 0 spiro atoms. The highest BCUT2D eigenvalue weighted by Gasteiger charge is 2.28. The highest BCUT2D eigenvalue weighted by atomic mass is 19.1. The zero-order valence-electron chi connectivity index (χ0n) is 10.3. The third-order valence-electron chi connectivity index (χ3n) is 3.33. The van der Waals surface area contributed by atoms with Gasteiger partial charge in [-0.1, -0.05) is 0 Å². The van der Waals surface area contributed by atoms with Gasteiger partial charge in [0.15, 0.2) is 0 Å². The fourth-order valence-electron chi connectivity index (χ4n) is 2.36. The van der Waals surface area contributed by atoms with Crippen molar-refractivity contribution in [1.82, 2.24) is 5.32 Å². The second-order valence-corrected chi connectivity index (χ2v) is 4.52. The second-order valence-electron chi connectivity index (χ2n) is 4.52. The van der Waals surface area contributed by atoms with Gasteiger partial charge in [0, 0.05) is 12.8 Å². The molecule has 1 aliphatic carbocycles. The van der Waals surface area contributed by atoms with Gasteiger partial charge >= 0.3 is 0 Å². The lowest BCUT2D eigenvalue weighted by atomic mass is 10.1. The third-order valence-corrected chi connectivity index (χ3v) is 3.33. The van der Waals surface area contributed by atoms with Crippen LogP contribution in [0.25, 0.3) is 0 Å². The monoisotopic (exact) mass is 252 g/mol. The number of benzene rings is 1. The van der Waals surface area contributed by atoms with Gasteiger partial charge in [-0.05, 0) is 37.5 Å². The lowest BCUT2D eigenvalue weighted by molar-refractivity contribution is 0.0722. The maximum Gasteiger partial charge on any atom is 0.253 e. The van der Waals surface area contributed by atoms with Crippen LogP contribution in [-0.2, 0) is 4.74 Å².